The van der Waals surface area contributed by atoms with Crippen molar-refractivity contribution in [3.05, 3.63) is 35.0 Å². The number of carbonyl (C=O) groups excluding carboxylic acids is 1. The molecule has 5 nitrogen and oxygen atoms in total. The Morgan fingerprint density at radius 1 is 1.30 bits per heavy atom. The van der Waals surface area contributed by atoms with Crippen LogP contribution in [0.2, 0.25) is 0 Å². The fraction of sp³-hybridized carbons (Fsp3) is 0.500. The SMILES string of the molecule is Cc1ccc2[nH]c(C)c(CC(=O)NCCN3CCOCC3)c2c1. The molecule has 0 aliphatic carbocycles. The third-order valence-electron chi connectivity index (χ3n) is 4.47. The highest BCUT2D eigenvalue weighted by Gasteiger charge is 2.14. The molecule has 0 spiro atoms. The Kier molecular flexibility index (Phi) is 4.98. The van der Waals surface area contributed by atoms with Crippen molar-refractivity contribution < 1.29 is 9.53 Å². The predicted octanol–water partition coefficient (Wildman–Crippen LogP) is 1.78. The topological polar surface area (TPSA) is 57.4 Å². The molecule has 1 aromatic carbocycles. The highest BCUT2D eigenvalue weighted by molar-refractivity contribution is 5.90. The summed E-state index contributed by atoms with van der Waals surface area (Å²) < 4.78 is 5.33. The van der Waals surface area contributed by atoms with Gasteiger partial charge >= 0.3 is 0 Å². The van der Waals surface area contributed by atoms with Crippen LogP contribution in [0.1, 0.15) is 16.8 Å². The van der Waals surface area contributed by atoms with Crippen LogP contribution in [0, 0.1) is 13.8 Å². The standard InChI is InChI=1S/C18H25N3O2/c1-13-3-4-17-16(11-13)15(14(2)20-17)12-18(22)19-5-6-21-7-9-23-10-8-21/h3-4,11,20H,5-10,12H2,1-2H3,(H,19,22). The number of aromatic nitrogens is 1. The van der Waals surface area contributed by atoms with Crippen molar-refractivity contribution in [2.24, 2.45) is 0 Å². The number of fused-ring (bicyclic) bond motifs is 1. The predicted molar refractivity (Wildman–Crippen MR) is 91.7 cm³/mol. The molecule has 0 unspecified atom stereocenters. The third-order valence-corrected chi connectivity index (χ3v) is 4.47. The van der Waals surface area contributed by atoms with Crippen molar-refractivity contribution >= 4 is 16.8 Å². The molecule has 124 valence electrons. The second kappa shape index (κ2) is 7.15. The first kappa shape index (κ1) is 16.0. The van der Waals surface area contributed by atoms with Crippen molar-refractivity contribution in [2.75, 3.05) is 39.4 Å². The van der Waals surface area contributed by atoms with E-state index in [-0.39, 0.29) is 5.91 Å². The number of rotatable bonds is 5. The van der Waals surface area contributed by atoms with E-state index in [4.69, 9.17) is 4.74 Å². The van der Waals surface area contributed by atoms with E-state index in [0.717, 1.165) is 55.0 Å². The van der Waals surface area contributed by atoms with Gasteiger partial charge < -0.3 is 15.0 Å². The number of aromatic amines is 1. The van der Waals surface area contributed by atoms with E-state index >= 15 is 0 Å². The van der Waals surface area contributed by atoms with Crippen LogP contribution in [-0.2, 0) is 16.0 Å². The van der Waals surface area contributed by atoms with Gasteiger partial charge in [-0.1, -0.05) is 11.6 Å². The lowest BCUT2D eigenvalue weighted by Gasteiger charge is -2.26. The zero-order valence-corrected chi connectivity index (χ0v) is 13.9. The lowest BCUT2D eigenvalue weighted by atomic mass is 10.1. The van der Waals surface area contributed by atoms with Crippen LogP contribution in [0.5, 0.6) is 0 Å². The van der Waals surface area contributed by atoms with Gasteiger partial charge in [0.2, 0.25) is 5.91 Å². The van der Waals surface area contributed by atoms with Crippen molar-refractivity contribution in [1.29, 1.82) is 0 Å². The van der Waals surface area contributed by atoms with E-state index in [0.29, 0.717) is 13.0 Å². The molecule has 1 saturated heterocycles. The quantitative estimate of drug-likeness (QED) is 0.884. The summed E-state index contributed by atoms with van der Waals surface area (Å²) >= 11 is 0. The maximum atomic E-state index is 12.3. The van der Waals surface area contributed by atoms with E-state index in [9.17, 15) is 4.79 Å². The van der Waals surface area contributed by atoms with Crippen LogP contribution in [0.4, 0.5) is 0 Å². The van der Waals surface area contributed by atoms with Crippen LogP contribution in [0.25, 0.3) is 10.9 Å². The Labute approximate surface area is 137 Å². The van der Waals surface area contributed by atoms with Gasteiger partial charge in [0, 0.05) is 42.8 Å². The highest BCUT2D eigenvalue weighted by atomic mass is 16.5. The minimum atomic E-state index is 0.0868. The second-order valence-electron chi connectivity index (χ2n) is 6.26. The Morgan fingerprint density at radius 3 is 2.87 bits per heavy atom. The molecule has 1 aliphatic heterocycles. The summed E-state index contributed by atoms with van der Waals surface area (Å²) in [5.41, 5.74) is 4.50. The number of hydrogen-bond acceptors (Lipinski definition) is 3. The molecule has 0 bridgehead atoms. The monoisotopic (exact) mass is 315 g/mol. The van der Waals surface area contributed by atoms with Crippen LogP contribution < -0.4 is 5.32 Å². The molecule has 2 aromatic rings. The Hall–Kier alpha value is -1.85. The summed E-state index contributed by atoms with van der Waals surface area (Å²) in [6.45, 7) is 9.19. The normalized spacial score (nSPS) is 15.9. The van der Waals surface area contributed by atoms with Gasteiger partial charge in [0.05, 0.1) is 19.6 Å². The van der Waals surface area contributed by atoms with Crippen molar-refractivity contribution in [3.63, 3.8) is 0 Å². The van der Waals surface area contributed by atoms with Crippen molar-refractivity contribution in [3.8, 4) is 0 Å². The summed E-state index contributed by atoms with van der Waals surface area (Å²) in [5, 5.41) is 4.20. The lowest BCUT2D eigenvalue weighted by molar-refractivity contribution is -0.120. The van der Waals surface area contributed by atoms with Crippen LogP contribution in [-0.4, -0.2) is 55.2 Å². The van der Waals surface area contributed by atoms with Crippen LogP contribution in [0.3, 0.4) is 0 Å². The number of benzene rings is 1. The van der Waals surface area contributed by atoms with Gasteiger partial charge in [0.1, 0.15) is 0 Å². The second-order valence-corrected chi connectivity index (χ2v) is 6.26. The minimum absolute atomic E-state index is 0.0868. The first-order valence-corrected chi connectivity index (χ1v) is 8.28. The largest absolute Gasteiger partial charge is 0.379 e. The van der Waals surface area contributed by atoms with E-state index in [2.05, 4.69) is 40.3 Å². The first-order valence-electron chi connectivity index (χ1n) is 8.28. The number of aryl methyl sites for hydroxylation is 2. The van der Waals surface area contributed by atoms with Crippen LogP contribution >= 0.6 is 0 Å². The Bertz CT molecular complexity index is 687. The maximum Gasteiger partial charge on any atom is 0.224 e. The van der Waals surface area contributed by atoms with E-state index in [1.165, 1.54) is 5.56 Å². The molecule has 2 heterocycles. The molecule has 5 heteroatoms. The number of H-pyrrole nitrogens is 1. The number of ether oxygens (including phenoxy) is 1. The van der Waals surface area contributed by atoms with Crippen molar-refractivity contribution in [1.82, 2.24) is 15.2 Å². The fourth-order valence-electron chi connectivity index (χ4n) is 3.13. The third kappa shape index (κ3) is 3.92. The Morgan fingerprint density at radius 2 is 2.09 bits per heavy atom. The van der Waals surface area contributed by atoms with Gasteiger partial charge in [0.15, 0.2) is 0 Å². The molecule has 1 aromatic heterocycles. The van der Waals surface area contributed by atoms with Gasteiger partial charge in [-0.05, 0) is 31.5 Å². The van der Waals surface area contributed by atoms with Gasteiger partial charge in [-0.15, -0.1) is 0 Å². The average Bonchev–Trinajstić information content (AvgIpc) is 2.84. The molecule has 1 aliphatic rings. The molecular formula is C18H25N3O2. The molecular weight excluding hydrogens is 290 g/mol. The number of hydrogen-bond donors (Lipinski definition) is 2. The number of nitrogens with one attached hydrogen (secondary N) is 2. The first-order chi connectivity index (χ1) is 11.1. The van der Waals surface area contributed by atoms with E-state index in [1.54, 1.807) is 0 Å². The fourth-order valence-corrected chi connectivity index (χ4v) is 3.13. The summed E-state index contributed by atoms with van der Waals surface area (Å²) in [4.78, 5) is 18.0. The lowest BCUT2D eigenvalue weighted by Crippen LogP contribution is -2.41. The van der Waals surface area contributed by atoms with E-state index < -0.39 is 0 Å². The minimum Gasteiger partial charge on any atom is -0.379 e. The summed E-state index contributed by atoms with van der Waals surface area (Å²) in [6, 6.07) is 6.32. The number of carbonyl (C=O) groups is 1. The molecule has 0 saturated carbocycles. The number of nitrogens with zero attached hydrogens (tertiary/aromatic N) is 1. The molecule has 0 radical (unpaired) electrons. The smallest absolute Gasteiger partial charge is 0.224 e. The molecule has 1 amide bonds. The van der Waals surface area contributed by atoms with Gasteiger partial charge in [0.25, 0.3) is 0 Å². The van der Waals surface area contributed by atoms with Gasteiger partial charge in [-0.25, -0.2) is 0 Å². The Balaban J connectivity index is 1.57. The highest BCUT2D eigenvalue weighted by Crippen LogP contribution is 2.23. The summed E-state index contributed by atoms with van der Waals surface area (Å²) in [6.07, 6.45) is 0.429. The maximum absolute atomic E-state index is 12.3. The van der Waals surface area contributed by atoms with E-state index in [1.807, 2.05) is 6.92 Å². The van der Waals surface area contributed by atoms with Crippen LogP contribution in [0.15, 0.2) is 18.2 Å². The van der Waals surface area contributed by atoms with Gasteiger partial charge in [-0.2, -0.15) is 0 Å². The van der Waals surface area contributed by atoms with Crippen molar-refractivity contribution in [2.45, 2.75) is 20.3 Å². The zero-order valence-electron chi connectivity index (χ0n) is 13.9. The zero-order chi connectivity index (χ0) is 16.2. The molecule has 1 fully saturated rings. The molecule has 2 N–H and O–H groups in total. The van der Waals surface area contributed by atoms with Gasteiger partial charge in [-0.3, -0.25) is 9.69 Å². The summed E-state index contributed by atoms with van der Waals surface area (Å²) in [7, 11) is 0. The molecule has 23 heavy (non-hydrogen) atoms. The number of amides is 1. The average molecular weight is 315 g/mol. The molecule has 3 rings (SSSR count). The number of morpholine rings is 1. The molecule has 0 atom stereocenters. The summed E-state index contributed by atoms with van der Waals surface area (Å²) in [5.74, 6) is 0.0868.